The van der Waals surface area contributed by atoms with Gasteiger partial charge in [-0.15, -0.1) is 11.3 Å². The van der Waals surface area contributed by atoms with Gasteiger partial charge in [0.2, 0.25) is 10.0 Å². The summed E-state index contributed by atoms with van der Waals surface area (Å²) in [5, 5.41) is 11.1. The van der Waals surface area contributed by atoms with Crippen molar-refractivity contribution in [3.05, 3.63) is 45.6 Å². The smallest absolute Gasteiger partial charge is 0.244 e. The molecule has 2 N–H and O–H groups in total. The molecule has 0 saturated heterocycles. The lowest BCUT2D eigenvalue weighted by Crippen LogP contribution is -2.23. The molecule has 1 aromatic heterocycles. The average molecular weight is 327 g/mol. The molecule has 1 heterocycles. The number of aliphatic hydroxyl groups excluding tert-OH is 1. The van der Waals surface area contributed by atoms with E-state index in [-0.39, 0.29) is 23.8 Å². The predicted molar refractivity (Wildman–Crippen MR) is 82.0 cm³/mol. The van der Waals surface area contributed by atoms with Gasteiger partial charge in [0.05, 0.1) is 13.7 Å². The van der Waals surface area contributed by atoms with Crippen LogP contribution in [-0.2, 0) is 23.2 Å². The van der Waals surface area contributed by atoms with Crippen molar-refractivity contribution in [2.24, 2.45) is 0 Å². The quantitative estimate of drug-likeness (QED) is 0.851. The van der Waals surface area contributed by atoms with Crippen LogP contribution in [0.4, 0.5) is 0 Å². The Morgan fingerprint density at radius 3 is 2.67 bits per heavy atom. The van der Waals surface area contributed by atoms with Gasteiger partial charge in [0, 0.05) is 11.4 Å². The van der Waals surface area contributed by atoms with Gasteiger partial charge in [-0.1, -0.05) is 6.07 Å². The zero-order valence-electron chi connectivity index (χ0n) is 11.8. The average Bonchev–Trinajstić information content (AvgIpc) is 2.90. The molecule has 5 nitrogen and oxygen atoms in total. The number of methoxy groups -OCH3 is 1. The van der Waals surface area contributed by atoms with Crippen molar-refractivity contribution < 1.29 is 18.3 Å². The minimum atomic E-state index is -3.71. The van der Waals surface area contributed by atoms with Crippen molar-refractivity contribution in [2.45, 2.75) is 25.0 Å². The molecule has 0 atom stereocenters. The van der Waals surface area contributed by atoms with Gasteiger partial charge in [-0.25, -0.2) is 13.1 Å². The van der Waals surface area contributed by atoms with Crippen LogP contribution in [0.3, 0.4) is 0 Å². The highest BCUT2D eigenvalue weighted by molar-refractivity contribution is 7.89. The van der Waals surface area contributed by atoms with Crippen LogP contribution in [0.1, 0.15) is 16.0 Å². The summed E-state index contributed by atoms with van der Waals surface area (Å²) in [5.74, 6) is 0.252. The molecule has 114 valence electrons. The van der Waals surface area contributed by atoms with Crippen LogP contribution in [0.2, 0.25) is 0 Å². The molecule has 2 aromatic rings. The molecular formula is C14H17NO4S2. The first-order valence-electron chi connectivity index (χ1n) is 6.28. The summed E-state index contributed by atoms with van der Waals surface area (Å²) in [7, 11) is -2.29. The molecule has 2 rings (SSSR count). The Morgan fingerprint density at radius 1 is 1.33 bits per heavy atom. The monoisotopic (exact) mass is 327 g/mol. The molecule has 7 heteroatoms. The molecule has 0 aliphatic carbocycles. The maximum atomic E-state index is 12.4. The lowest BCUT2D eigenvalue weighted by Gasteiger charge is -2.11. The fraction of sp³-hybridized carbons (Fsp3) is 0.286. The molecule has 0 fully saturated rings. The highest BCUT2D eigenvalue weighted by Crippen LogP contribution is 2.25. The number of nitrogens with one attached hydrogen (secondary N) is 1. The second-order valence-electron chi connectivity index (χ2n) is 4.49. The Bertz CT molecular complexity index is 722. The number of sulfonamides is 1. The standard InChI is InChI=1S/C14H17NO4S2/c1-10-5-6-20-13(10)8-15-21(17,18)14-7-11(9-16)3-4-12(14)19-2/h3-7,15-16H,8-9H2,1-2H3. The van der Waals surface area contributed by atoms with E-state index in [0.717, 1.165) is 10.4 Å². The van der Waals surface area contributed by atoms with Crippen LogP contribution >= 0.6 is 11.3 Å². The topological polar surface area (TPSA) is 75.6 Å². The molecule has 0 bridgehead atoms. The van der Waals surface area contributed by atoms with Gasteiger partial charge in [0.1, 0.15) is 10.6 Å². The summed E-state index contributed by atoms with van der Waals surface area (Å²) in [6.45, 7) is 1.95. The van der Waals surface area contributed by atoms with Crippen molar-refractivity contribution in [2.75, 3.05) is 7.11 Å². The van der Waals surface area contributed by atoms with Gasteiger partial charge in [-0.3, -0.25) is 0 Å². The van der Waals surface area contributed by atoms with Crippen LogP contribution in [0.25, 0.3) is 0 Å². The van der Waals surface area contributed by atoms with Gasteiger partial charge in [0.15, 0.2) is 0 Å². The van der Waals surface area contributed by atoms with Crippen LogP contribution in [-0.4, -0.2) is 20.6 Å². The van der Waals surface area contributed by atoms with E-state index in [1.54, 1.807) is 6.07 Å². The molecule has 21 heavy (non-hydrogen) atoms. The summed E-state index contributed by atoms with van der Waals surface area (Å²) in [5.41, 5.74) is 1.57. The Morgan fingerprint density at radius 2 is 2.10 bits per heavy atom. The number of hydrogen-bond donors (Lipinski definition) is 2. The zero-order valence-corrected chi connectivity index (χ0v) is 13.4. The predicted octanol–water partition coefficient (Wildman–Crippen LogP) is 2.04. The minimum absolute atomic E-state index is 0.0331. The number of aliphatic hydroxyl groups is 1. The Kier molecular flexibility index (Phi) is 5.00. The van der Waals surface area contributed by atoms with Crippen LogP contribution in [0, 0.1) is 6.92 Å². The Hall–Kier alpha value is -1.41. The summed E-state index contributed by atoms with van der Waals surface area (Å²) < 4.78 is 32.5. The Labute approximate surface area is 128 Å². The maximum absolute atomic E-state index is 12.4. The van der Waals surface area contributed by atoms with E-state index >= 15 is 0 Å². The molecule has 0 saturated carbocycles. The largest absolute Gasteiger partial charge is 0.495 e. The van der Waals surface area contributed by atoms with Crippen molar-refractivity contribution >= 4 is 21.4 Å². The summed E-state index contributed by atoms with van der Waals surface area (Å²) in [6, 6.07) is 6.53. The van der Waals surface area contributed by atoms with Crippen LogP contribution in [0.15, 0.2) is 34.5 Å². The lowest BCUT2D eigenvalue weighted by atomic mass is 10.2. The molecule has 0 aliphatic rings. The van der Waals surface area contributed by atoms with E-state index in [1.807, 2.05) is 18.4 Å². The van der Waals surface area contributed by atoms with E-state index in [4.69, 9.17) is 9.84 Å². The number of benzene rings is 1. The van der Waals surface area contributed by atoms with Gasteiger partial charge < -0.3 is 9.84 Å². The summed E-state index contributed by atoms with van der Waals surface area (Å²) in [4.78, 5) is 1.00. The Balaban J connectivity index is 2.28. The second kappa shape index (κ2) is 6.57. The van der Waals surface area contributed by atoms with Crippen molar-refractivity contribution in [3.8, 4) is 5.75 Å². The molecule has 0 spiro atoms. The van der Waals surface area contributed by atoms with Crippen LogP contribution in [0.5, 0.6) is 5.75 Å². The number of hydrogen-bond acceptors (Lipinski definition) is 5. The number of rotatable bonds is 6. The zero-order chi connectivity index (χ0) is 15.5. The summed E-state index contributed by atoms with van der Waals surface area (Å²) >= 11 is 1.50. The molecule has 1 aromatic carbocycles. The third kappa shape index (κ3) is 3.62. The van der Waals surface area contributed by atoms with E-state index in [1.165, 1.54) is 30.6 Å². The van der Waals surface area contributed by atoms with E-state index in [0.29, 0.717) is 5.56 Å². The molecule has 0 radical (unpaired) electrons. The van der Waals surface area contributed by atoms with E-state index in [9.17, 15) is 8.42 Å². The fourth-order valence-electron chi connectivity index (χ4n) is 1.85. The third-order valence-electron chi connectivity index (χ3n) is 3.09. The van der Waals surface area contributed by atoms with Crippen molar-refractivity contribution in [1.82, 2.24) is 4.72 Å². The van der Waals surface area contributed by atoms with Gasteiger partial charge in [0.25, 0.3) is 0 Å². The normalized spacial score (nSPS) is 11.6. The van der Waals surface area contributed by atoms with Gasteiger partial charge in [-0.2, -0.15) is 0 Å². The first kappa shape index (κ1) is 16.0. The highest BCUT2D eigenvalue weighted by atomic mass is 32.2. The third-order valence-corrected chi connectivity index (χ3v) is 5.54. The highest BCUT2D eigenvalue weighted by Gasteiger charge is 2.20. The molecule has 0 amide bonds. The van der Waals surface area contributed by atoms with Crippen molar-refractivity contribution in [3.63, 3.8) is 0 Å². The van der Waals surface area contributed by atoms with Gasteiger partial charge >= 0.3 is 0 Å². The first-order chi connectivity index (χ1) is 9.97. The maximum Gasteiger partial charge on any atom is 0.244 e. The minimum Gasteiger partial charge on any atom is -0.495 e. The van der Waals surface area contributed by atoms with Crippen LogP contribution < -0.4 is 9.46 Å². The second-order valence-corrected chi connectivity index (χ2v) is 7.23. The molecule has 0 aliphatic heterocycles. The fourth-order valence-corrected chi connectivity index (χ4v) is 4.00. The lowest BCUT2D eigenvalue weighted by molar-refractivity contribution is 0.281. The number of thiophene rings is 1. The van der Waals surface area contributed by atoms with E-state index < -0.39 is 10.0 Å². The SMILES string of the molecule is COc1ccc(CO)cc1S(=O)(=O)NCc1sccc1C. The van der Waals surface area contributed by atoms with Crippen molar-refractivity contribution in [1.29, 1.82) is 0 Å². The summed E-state index contributed by atoms with van der Waals surface area (Å²) in [6.07, 6.45) is 0. The molecule has 0 unspecified atom stereocenters. The molecular weight excluding hydrogens is 310 g/mol. The van der Waals surface area contributed by atoms with E-state index in [2.05, 4.69) is 4.72 Å². The number of aryl methyl sites for hydroxylation is 1. The number of ether oxygens (including phenoxy) is 1. The first-order valence-corrected chi connectivity index (χ1v) is 8.64. The van der Waals surface area contributed by atoms with Gasteiger partial charge in [-0.05, 0) is 41.6 Å².